The van der Waals surface area contributed by atoms with Crippen LogP contribution in [0, 0.1) is 0 Å². The van der Waals surface area contributed by atoms with Crippen molar-refractivity contribution in [2.45, 2.75) is 0 Å². The van der Waals surface area contributed by atoms with Crippen molar-refractivity contribution in [2.75, 3.05) is 23.8 Å². The molecule has 2 N–H and O–H groups in total. The van der Waals surface area contributed by atoms with Gasteiger partial charge < -0.3 is 20.1 Å². The highest BCUT2D eigenvalue weighted by molar-refractivity contribution is 6.30. The van der Waals surface area contributed by atoms with Gasteiger partial charge in [0.05, 0.1) is 0 Å². The zero-order valence-electron chi connectivity index (χ0n) is 19.0. The summed E-state index contributed by atoms with van der Waals surface area (Å²) in [6, 6.07) is 28.5. The molecule has 0 saturated heterocycles. The highest BCUT2D eigenvalue weighted by atomic mass is 35.5. The Bertz CT molecular complexity index is 1200. The van der Waals surface area contributed by atoms with E-state index in [0.717, 1.165) is 11.1 Å². The standard InChI is InChI=1S/C28H22Cl2N2O4/c29-21-5-13-25(14-6-21)35-17-27(33)31-23-9-1-19(2-10-23)20-3-11-24(12-4-20)32-28(34)18-36-26-15-7-22(30)8-16-26/h1-16H,17-18H2,(H,31,33)(H,32,34). The summed E-state index contributed by atoms with van der Waals surface area (Å²) in [5, 5.41) is 6.81. The normalized spacial score (nSPS) is 10.4. The number of halogens is 2. The summed E-state index contributed by atoms with van der Waals surface area (Å²) in [5.74, 6) is 0.605. The zero-order valence-corrected chi connectivity index (χ0v) is 20.6. The van der Waals surface area contributed by atoms with E-state index in [4.69, 9.17) is 32.7 Å². The molecule has 0 saturated carbocycles. The number of nitrogens with one attached hydrogen (secondary N) is 2. The molecule has 8 heteroatoms. The number of carbonyl (C=O) groups is 2. The number of hydrogen-bond acceptors (Lipinski definition) is 4. The summed E-state index contributed by atoms with van der Waals surface area (Å²) in [7, 11) is 0. The maximum Gasteiger partial charge on any atom is 0.262 e. The monoisotopic (exact) mass is 520 g/mol. The van der Waals surface area contributed by atoms with Crippen molar-refractivity contribution >= 4 is 46.4 Å². The van der Waals surface area contributed by atoms with Gasteiger partial charge in [-0.25, -0.2) is 0 Å². The Morgan fingerprint density at radius 3 is 1.19 bits per heavy atom. The van der Waals surface area contributed by atoms with E-state index in [1.165, 1.54) is 0 Å². The SMILES string of the molecule is O=C(COc1ccc(Cl)cc1)Nc1ccc(-c2ccc(NC(=O)COc3ccc(Cl)cc3)cc2)cc1. The maximum atomic E-state index is 12.2. The number of amides is 2. The number of anilines is 2. The van der Waals surface area contributed by atoms with Crippen molar-refractivity contribution in [1.29, 1.82) is 0 Å². The molecule has 0 bridgehead atoms. The summed E-state index contributed by atoms with van der Waals surface area (Å²) in [6.45, 7) is -0.220. The highest BCUT2D eigenvalue weighted by Crippen LogP contribution is 2.23. The average molecular weight is 521 g/mol. The maximum absolute atomic E-state index is 12.2. The van der Waals surface area contributed by atoms with Gasteiger partial charge in [-0.1, -0.05) is 47.5 Å². The Morgan fingerprint density at radius 2 is 0.861 bits per heavy atom. The molecule has 0 fully saturated rings. The largest absolute Gasteiger partial charge is 0.484 e. The van der Waals surface area contributed by atoms with Crippen molar-refractivity contribution in [3.8, 4) is 22.6 Å². The quantitative estimate of drug-likeness (QED) is 0.257. The molecule has 0 aliphatic heterocycles. The zero-order chi connectivity index (χ0) is 25.3. The molecule has 6 nitrogen and oxygen atoms in total. The van der Waals surface area contributed by atoms with Crippen LogP contribution in [0.15, 0.2) is 97.1 Å². The Hall–Kier alpha value is -4.00. The summed E-state index contributed by atoms with van der Waals surface area (Å²) in [5.41, 5.74) is 3.25. The fourth-order valence-electron chi connectivity index (χ4n) is 3.25. The first-order valence-electron chi connectivity index (χ1n) is 11.0. The third kappa shape index (κ3) is 7.50. The number of hydrogen-bond donors (Lipinski definition) is 2. The van der Waals surface area contributed by atoms with Crippen LogP contribution >= 0.6 is 23.2 Å². The van der Waals surface area contributed by atoms with Crippen molar-refractivity contribution in [1.82, 2.24) is 0 Å². The van der Waals surface area contributed by atoms with Gasteiger partial charge in [0.25, 0.3) is 11.8 Å². The minimum Gasteiger partial charge on any atom is -0.484 e. The molecule has 0 atom stereocenters. The van der Waals surface area contributed by atoms with Crippen LogP contribution in [0.1, 0.15) is 0 Å². The molecule has 0 spiro atoms. The van der Waals surface area contributed by atoms with Crippen LogP contribution in [0.4, 0.5) is 11.4 Å². The van der Waals surface area contributed by atoms with Crippen molar-refractivity contribution in [3.05, 3.63) is 107 Å². The van der Waals surface area contributed by atoms with E-state index in [1.807, 2.05) is 48.5 Å². The topological polar surface area (TPSA) is 76.7 Å². The van der Waals surface area contributed by atoms with Crippen LogP contribution in [-0.2, 0) is 9.59 Å². The molecule has 0 aromatic heterocycles. The lowest BCUT2D eigenvalue weighted by atomic mass is 10.0. The molecule has 0 unspecified atom stereocenters. The summed E-state index contributed by atoms with van der Waals surface area (Å²) in [6.07, 6.45) is 0. The van der Waals surface area contributed by atoms with E-state index in [-0.39, 0.29) is 25.0 Å². The summed E-state index contributed by atoms with van der Waals surface area (Å²) < 4.78 is 10.9. The van der Waals surface area contributed by atoms with Gasteiger partial charge in [0.15, 0.2) is 13.2 Å². The van der Waals surface area contributed by atoms with Crippen molar-refractivity contribution < 1.29 is 19.1 Å². The van der Waals surface area contributed by atoms with E-state index in [9.17, 15) is 9.59 Å². The third-order valence-corrected chi connectivity index (χ3v) is 5.54. The number of benzene rings is 4. The lowest BCUT2D eigenvalue weighted by molar-refractivity contribution is -0.118. The first-order valence-corrected chi connectivity index (χ1v) is 11.8. The summed E-state index contributed by atoms with van der Waals surface area (Å²) in [4.78, 5) is 24.3. The van der Waals surface area contributed by atoms with Gasteiger partial charge in [-0.05, 0) is 83.9 Å². The Kier molecular flexibility index (Phi) is 8.44. The van der Waals surface area contributed by atoms with Crippen LogP contribution in [0.25, 0.3) is 11.1 Å². The van der Waals surface area contributed by atoms with E-state index < -0.39 is 0 Å². The Morgan fingerprint density at radius 1 is 0.528 bits per heavy atom. The lowest BCUT2D eigenvalue weighted by Gasteiger charge is -2.10. The minimum atomic E-state index is -0.266. The molecular weight excluding hydrogens is 499 g/mol. The molecule has 4 aromatic rings. The van der Waals surface area contributed by atoms with Gasteiger partial charge in [0, 0.05) is 21.4 Å². The fourth-order valence-corrected chi connectivity index (χ4v) is 3.50. The number of carbonyl (C=O) groups excluding carboxylic acids is 2. The van der Waals surface area contributed by atoms with Crippen molar-refractivity contribution in [2.24, 2.45) is 0 Å². The smallest absolute Gasteiger partial charge is 0.262 e. The highest BCUT2D eigenvalue weighted by Gasteiger charge is 2.07. The van der Waals surface area contributed by atoms with Gasteiger partial charge in [-0.15, -0.1) is 0 Å². The molecule has 4 rings (SSSR count). The molecule has 36 heavy (non-hydrogen) atoms. The minimum absolute atomic E-state index is 0.110. The lowest BCUT2D eigenvalue weighted by Crippen LogP contribution is -2.20. The number of ether oxygens (including phenoxy) is 2. The molecule has 0 radical (unpaired) electrons. The first-order chi connectivity index (χ1) is 17.4. The van der Waals surface area contributed by atoms with Crippen molar-refractivity contribution in [3.63, 3.8) is 0 Å². The predicted octanol–water partition coefficient (Wildman–Crippen LogP) is 6.70. The van der Waals surface area contributed by atoms with E-state index in [0.29, 0.717) is 32.9 Å². The van der Waals surface area contributed by atoms with Crippen LogP contribution in [-0.4, -0.2) is 25.0 Å². The fraction of sp³-hybridized carbons (Fsp3) is 0.0714. The first kappa shape index (κ1) is 25.1. The molecule has 4 aromatic carbocycles. The molecule has 182 valence electrons. The molecular formula is C28H22Cl2N2O4. The van der Waals surface area contributed by atoms with E-state index in [2.05, 4.69) is 10.6 Å². The van der Waals surface area contributed by atoms with Gasteiger partial charge in [0.2, 0.25) is 0 Å². The number of rotatable bonds is 9. The Balaban J connectivity index is 1.25. The second-order valence-electron chi connectivity index (χ2n) is 7.74. The van der Waals surface area contributed by atoms with Gasteiger partial charge in [-0.2, -0.15) is 0 Å². The Labute approximate surface area is 218 Å². The van der Waals surface area contributed by atoms with Gasteiger partial charge in [0.1, 0.15) is 11.5 Å². The van der Waals surface area contributed by atoms with Crippen LogP contribution in [0.3, 0.4) is 0 Å². The summed E-state index contributed by atoms with van der Waals surface area (Å²) >= 11 is 11.7. The van der Waals surface area contributed by atoms with Crippen LogP contribution < -0.4 is 20.1 Å². The molecule has 0 heterocycles. The van der Waals surface area contributed by atoms with Crippen LogP contribution in [0.2, 0.25) is 10.0 Å². The predicted molar refractivity (Wildman–Crippen MR) is 143 cm³/mol. The second-order valence-corrected chi connectivity index (χ2v) is 8.61. The average Bonchev–Trinajstić information content (AvgIpc) is 2.89. The van der Waals surface area contributed by atoms with Gasteiger partial charge in [-0.3, -0.25) is 9.59 Å². The van der Waals surface area contributed by atoms with Crippen LogP contribution in [0.5, 0.6) is 11.5 Å². The van der Waals surface area contributed by atoms with Gasteiger partial charge >= 0.3 is 0 Å². The molecule has 2 amide bonds. The molecule has 0 aliphatic carbocycles. The van der Waals surface area contributed by atoms with E-state index >= 15 is 0 Å². The second kappa shape index (κ2) is 12.1. The van der Waals surface area contributed by atoms with E-state index in [1.54, 1.807) is 48.5 Å². The third-order valence-electron chi connectivity index (χ3n) is 5.04. The molecule has 0 aliphatic rings.